The molecule has 4 aliphatic rings. The van der Waals surface area contributed by atoms with Crippen molar-refractivity contribution >= 4 is 16.8 Å². The molecule has 3 aliphatic carbocycles. The van der Waals surface area contributed by atoms with Gasteiger partial charge in [-0.25, -0.2) is 4.79 Å². The van der Waals surface area contributed by atoms with Crippen molar-refractivity contribution in [3.63, 3.8) is 0 Å². The first-order valence-electron chi connectivity index (χ1n) is 19.1. The normalized spacial score (nSPS) is 34.9. The predicted octanol–water partition coefficient (Wildman–Crippen LogP) is 6.25. The SMILES string of the molecule is C[C@@]12CC[C@H]3c4ccc(OC5OC(C(=O)O)C(O)C(O)C5O)cc4C[C@H](CCCCCCCCCS(=O)CCCC(F)(F)C(F)(F)F)[C@@H]3[C@H]1CC[C@H]2O. The molecule has 9 nitrogen and oxygen atoms in total. The molecule has 6 unspecified atom stereocenters. The van der Waals surface area contributed by atoms with E-state index in [1.165, 1.54) is 5.56 Å². The van der Waals surface area contributed by atoms with E-state index in [2.05, 4.69) is 6.92 Å². The van der Waals surface area contributed by atoms with Crippen molar-refractivity contribution in [2.24, 2.45) is 23.2 Å². The van der Waals surface area contributed by atoms with Gasteiger partial charge in [0.2, 0.25) is 6.29 Å². The Morgan fingerprint density at radius 2 is 1.57 bits per heavy atom. The van der Waals surface area contributed by atoms with Gasteiger partial charge < -0.3 is 35.0 Å². The van der Waals surface area contributed by atoms with Gasteiger partial charge in [0.25, 0.3) is 0 Å². The molecule has 3 fully saturated rings. The molecule has 12 atom stereocenters. The molecule has 5 N–H and O–H groups in total. The summed E-state index contributed by atoms with van der Waals surface area (Å²) in [6.45, 7) is 2.24. The average Bonchev–Trinajstić information content (AvgIpc) is 3.40. The van der Waals surface area contributed by atoms with Crippen LogP contribution in [-0.4, -0.2) is 96.1 Å². The quantitative estimate of drug-likeness (QED) is 0.0913. The van der Waals surface area contributed by atoms with Crippen LogP contribution in [0.2, 0.25) is 0 Å². The Bertz CT molecular complexity index is 1410. The summed E-state index contributed by atoms with van der Waals surface area (Å²) >= 11 is 0. The second kappa shape index (κ2) is 17.5. The smallest absolute Gasteiger partial charge is 0.453 e. The Balaban J connectivity index is 1.12. The number of benzene rings is 1. The summed E-state index contributed by atoms with van der Waals surface area (Å²) in [7, 11) is -1.41. The van der Waals surface area contributed by atoms with Crippen LogP contribution in [0.25, 0.3) is 0 Å². The Morgan fingerprint density at radius 1 is 0.906 bits per heavy atom. The maximum atomic E-state index is 13.1. The highest BCUT2D eigenvalue weighted by Crippen LogP contribution is 2.63. The molecule has 0 bridgehead atoms. The van der Waals surface area contributed by atoms with Crippen LogP contribution in [0.4, 0.5) is 22.0 Å². The van der Waals surface area contributed by atoms with E-state index >= 15 is 0 Å². The minimum absolute atomic E-state index is 0.113. The van der Waals surface area contributed by atoms with Gasteiger partial charge >= 0.3 is 18.1 Å². The summed E-state index contributed by atoms with van der Waals surface area (Å²) in [6, 6.07) is 5.71. The van der Waals surface area contributed by atoms with Gasteiger partial charge in [-0.3, -0.25) is 4.21 Å². The summed E-state index contributed by atoms with van der Waals surface area (Å²) in [5, 5.41) is 51.2. The maximum Gasteiger partial charge on any atom is 0.453 e. The highest BCUT2D eigenvalue weighted by Gasteiger charge is 2.57. The second-order valence-electron chi connectivity index (χ2n) is 16.0. The molecule has 0 aromatic heterocycles. The molecule has 1 heterocycles. The highest BCUT2D eigenvalue weighted by molar-refractivity contribution is 7.84. The van der Waals surface area contributed by atoms with Crippen LogP contribution in [0.5, 0.6) is 5.75 Å². The van der Waals surface area contributed by atoms with Crippen molar-refractivity contribution in [3.05, 3.63) is 29.3 Å². The first-order valence-corrected chi connectivity index (χ1v) is 20.6. The van der Waals surface area contributed by atoms with Crippen LogP contribution in [0.1, 0.15) is 114 Å². The molecule has 1 saturated heterocycles. The fraction of sp³-hybridized carbons (Fsp3) is 0.816. The zero-order valence-electron chi connectivity index (χ0n) is 30.2. The molecule has 0 spiro atoms. The molecule has 5 rings (SSSR count). The van der Waals surface area contributed by atoms with Crippen LogP contribution in [-0.2, 0) is 26.8 Å². The Morgan fingerprint density at radius 3 is 2.25 bits per heavy atom. The third-order valence-corrected chi connectivity index (χ3v) is 14.1. The van der Waals surface area contributed by atoms with E-state index in [9.17, 15) is 56.5 Å². The first kappa shape index (κ1) is 42.2. The van der Waals surface area contributed by atoms with E-state index in [1.807, 2.05) is 12.1 Å². The topological polar surface area (TPSA) is 154 Å². The van der Waals surface area contributed by atoms with E-state index in [0.29, 0.717) is 41.6 Å². The van der Waals surface area contributed by atoms with E-state index in [0.717, 1.165) is 82.6 Å². The van der Waals surface area contributed by atoms with Gasteiger partial charge in [0, 0.05) is 28.7 Å². The molecule has 53 heavy (non-hydrogen) atoms. The van der Waals surface area contributed by atoms with Crippen molar-refractivity contribution in [2.45, 2.75) is 158 Å². The van der Waals surface area contributed by atoms with Gasteiger partial charge in [0.1, 0.15) is 24.1 Å². The molecule has 15 heteroatoms. The largest absolute Gasteiger partial charge is 0.479 e. The zero-order chi connectivity index (χ0) is 38.7. The Labute approximate surface area is 310 Å². The summed E-state index contributed by atoms with van der Waals surface area (Å²) in [5.74, 6) is -4.22. The molecule has 0 amide bonds. The Kier molecular flexibility index (Phi) is 13.9. The number of ether oxygens (including phenoxy) is 2. The monoisotopic (exact) mass is 782 g/mol. The summed E-state index contributed by atoms with van der Waals surface area (Å²) in [4.78, 5) is 11.6. The van der Waals surface area contributed by atoms with E-state index in [-0.39, 0.29) is 17.3 Å². The lowest BCUT2D eigenvalue weighted by Gasteiger charge is -2.53. The van der Waals surface area contributed by atoms with E-state index in [1.54, 1.807) is 6.07 Å². The summed E-state index contributed by atoms with van der Waals surface area (Å²) in [5.41, 5.74) is 2.24. The molecule has 1 aromatic carbocycles. The number of hydrogen-bond acceptors (Lipinski definition) is 8. The van der Waals surface area contributed by atoms with Gasteiger partial charge in [0.05, 0.1) is 6.10 Å². The average molecular weight is 783 g/mol. The third-order valence-electron chi connectivity index (χ3n) is 12.6. The zero-order valence-corrected chi connectivity index (χ0v) is 31.0. The number of aliphatic hydroxyl groups excluding tert-OH is 4. The number of carboxylic acid groups (broad SMARTS) is 1. The van der Waals surface area contributed by atoms with Crippen molar-refractivity contribution < 1.29 is 66.0 Å². The molecular formula is C38H55F5O9S. The van der Waals surface area contributed by atoms with Gasteiger partial charge in [-0.2, -0.15) is 22.0 Å². The highest BCUT2D eigenvalue weighted by atomic mass is 32.2. The number of halogens is 5. The third kappa shape index (κ3) is 9.56. The first-order chi connectivity index (χ1) is 24.9. The Hall–Kier alpha value is -1.91. The molecule has 1 aliphatic heterocycles. The second-order valence-corrected chi connectivity index (χ2v) is 17.7. The lowest BCUT2D eigenvalue weighted by Crippen LogP contribution is -2.61. The molecular weight excluding hydrogens is 727 g/mol. The molecule has 0 radical (unpaired) electrons. The van der Waals surface area contributed by atoms with E-state index < -0.39 is 72.4 Å². The molecule has 1 aromatic rings. The van der Waals surface area contributed by atoms with Gasteiger partial charge in [-0.05, 0) is 104 Å². The fourth-order valence-electron chi connectivity index (χ4n) is 9.63. The maximum absolute atomic E-state index is 13.1. The van der Waals surface area contributed by atoms with Gasteiger partial charge in [-0.15, -0.1) is 0 Å². The van der Waals surface area contributed by atoms with Crippen LogP contribution >= 0.6 is 0 Å². The molecule has 2 saturated carbocycles. The van der Waals surface area contributed by atoms with Crippen molar-refractivity contribution in [2.75, 3.05) is 11.5 Å². The lowest BCUT2D eigenvalue weighted by atomic mass is 9.52. The van der Waals surface area contributed by atoms with Crippen LogP contribution in [0.15, 0.2) is 18.2 Å². The number of aliphatic hydroxyl groups is 4. The molecule has 302 valence electrons. The predicted molar refractivity (Wildman–Crippen MR) is 186 cm³/mol. The van der Waals surface area contributed by atoms with E-state index in [4.69, 9.17) is 9.47 Å². The van der Waals surface area contributed by atoms with Crippen molar-refractivity contribution in [3.8, 4) is 5.75 Å². The number of hydrogen-bond donors (Lipinski definition) is 5. The number of carboxylic acids is 1. The summed E-state index contributed by atoms with van der Waals surface area (Å²) in [6.07, 6.45) is -4.22. The van der Waals surface area contributed by atoms with Gasteiger partial charge in [0.15, 0.2) is 6.10 Å². The van der Waals surface area contributed by atoms with Crippen LogP contribution < -0.4 is 4.74 Å². The van der Waals surface area contributed by atoms with Crippen molar-refractivity contribution in [1.29, 1.82) is 0 Å². The fourth-order valence-corrected chi connectivity index (χ4v) is 10.8. The lowest BCUT2D eigenvalue weighted by molar-refractivity contribution is -0.284. The number of unbranched alkanes of at least 4 members (excludes halogenated alkanes) is 6. The van der Waals surface area contributed by atoms with Crippen LogP contribution in [0.3, 0.4) is 0 Å². The minimum atomic E-state index is -5.58. The van der Waals surface area contributed by atoms with Crippen molar-refractivity contribution in [1.82, 2.24) is 0 Å². The number of carbonyl (C=O) groups is 1. The number of alkyl halides is 5. The standard InChI is InChI=1S/C38H55F5O9S/c1-36-17-15-26-25-12-11-24(51-35-32(47)30(45)31(46)33(52-35)34(48)49)21-23(25)20-22(29(26)27(36)13-14-28(36)44)10-7-5-3-2-4-6-8-18-53(50)19-9-16-37(39,40)38(41,42)43/h11-12,21-22,26-33,35,44-47H,2-10,13-20H2,1H3,(H,48,49)/t22-,26-,27+,28+,29-,30?,31?,32?,33?,35?,36+,53?/m0/s1. The summed E-state index contributed by atoms with van der Waals surface area (Å²) < 4.78 is 86.3. The number of rotatable bonds is 17. The number of fused-ring (bicyclic) bond motifs is 5. The number of aliphatic carboxylic acids is 1. The van der Waals surface area contributed by atoms with Crippen LogP contribution in [0, 0.1) is 23.2 Å². The minimum Gasteiger partial charge on any atom is -0.479 e. The van der Waals surface area contributed by atoms with Gasteiger partial charge in [-0.1, -0.05) is 51.5 Å².